The van der Waals surface area contributed by atoms with Crippen molar-refractivity contribution >= 4 is 0 Å². The van der Waals surface area contributed by atoms with Crippen molar-refractivity contribution < 1.29 is 9.84 Å². The SMILES string of the molecule is CCOc1cc(C)c(CN2CCCC(O)(CN(C)C)C2)cc1C(C)C. The molecule has 0 bridgehead atoms. The number of likely N-dealkylation sites (tertiary alicyclic amines) is 1. The van der Waals surface area contributed by atoms with Gasteiger partial charge in [-0.15, -0.1) is 0 Å². The van der Waals surface area contributed by atoms with Crippen molar-refractivity contribution in [3.05, 3.63) is 28.8 Å². The van der Waals surface area contributed by atoms with Gasteiger partial charge in [-0.3, -0.25) is 4.90 Å². The van der Waals surface area contributed by atoms with Crippen LogP contribution in [-0.2, 0) is 6.54 Å². The number of benzene rings is 1. The Morgan fingerprint density at radius 3 is 2.64 bits per heavy atom. The van der Waals surface area contributed by atoms with E-state index < -0.39 is 5.60 Å². The summed E-state index contributed by atoms with van der Waals surface area (Å²) < 4.78 is 5.84. The Morgan fingerprint density at radius 1 is 1.32 bits per heavy atom. The first kappa shape index (κ1) is 20.2. The molecule has 1 aromatic carbocycles. The van der Waals surface area contributed by atoms with Gasteiger partial charge >= 0.3 is 0 Å². The van der Waals surface area contributed by atoms with Crippen LogP contribution >= 0.6 is 0 Å². The number of likely N-dealkylation sites (N-methyl/N-ethyl adjacent to an activating group) is 1. The van der Waals surface area contributed by atoms with Gasteiger partial charge in [0.2, 0.25) is 0 Å². The van der Waals surface area contributed by atoms with Crippen LogP contribution in [0.15, 0.2) is 12.1 Å². The van der Waals surface area contributed by atoms with Crippen LogP contribution in [0.1, 0.15) is 56.2 Å². The maximum atomic E-state index is 10.9. The predicted octanol–water partition coefficient (Wildman–Crippen LogP) is 3.41. The van der Waals surface area contributed by atoms with Gasteiger partial charge in [0.15, 0.2) is 0 Å². The number of piperidine rings is 1. The molecule has 2 rings (SSSR count). The summed E-state index contributed by atoms with van der Waals surface area (Å²) in [6.45, 7) is 12.7. The van der Waals surface area contributed by atoms with E-state index in [1.165, 1.54) is 16.7 Å². The zero-order valence-electron chi connectivity index (χ0n) is 16.9. The molecule has 142 valence electrons. The molecule has 1 aliphatic heterocycles. The summed E-state index contributed by atoms with van der Waals surface area (Å²) in [6.07, 6.45) is 1.94. The highest BCUT2D eigenvalue weighted by molar-refractivity contribution is 5.44. The Bertz CT molecular complexity index is 571. The Kier molecular flexibility index (Phi) is 6.89. The molecule has 0 aliphatic carbocycles. The van der Waals surface area contributed by atoms with Gasteiger partial charge < -0.3 is 14.7 Å². The van der Waals surface area contributed by atoms with Gasteiger partial charge in [-0.1, -0.05) is 19.9 Å². The molecular formula is C21H36N2O2. The summed E-state index contributed by atoms with van der Waals surface area (Å²) in [6, 6.07) is 4.49. The molecule has 25 heavy (non-hydrogen) atoms. The third-order valence-corrected chi connectivity index (χ3v) is 5.03. The second-order valence-corrected chi connectivity index (χ2v) is 8.18. The normalized spacial score (nSPS) is 22.0. The second kappa shape index (κ2) is 8.52. The van der Waals surface area contributed by atoms with Gasteiger partial charge in [-0.25, -0.2) is 0 Å². The Labute approximate surface area is 153 Å². The highest BCUT2D eigenvalue weighted by Gasteiger charge is 2.33. The summed E-state index contributed by atoms with van der Waals surface area (Å²) in [4.78, 5) is 4.49. The quantitative estimate of drug-likeness (QED) is 0.819. The minimum absolute atomic E-state index is 0.438. The third-order valence-electron chi connectivity index (χ3n) is 5.03. The van der Waals surface area contributed by atoms with Crippen LogP contribution in [0.4, 0.5) is 0 Å². The molecule has 1 heterocycles. The number of rotatable bonds is 7. The van der Waals surface area contributed by atoms with Crippen LogP contribution in [0.25, 0.3) is 0 Å². The Balaban J connectivity index is 2.17. The van der Waals surface area contributed by atoms with Gasteiger partial charge in [0, 0.05) is 19.6 Å². The average Bonchev–Trinajstić information content (AvgIpc) is 2.48. The zero-order chi connectivity index (χ0) is 18.6. The number of hydrogen-bond donors (Lipinski definition) is 1. The topological polar surface area (TPSA) is 35.9 Å². The Hall–Kier alpha value is -1.10. The predicted molar refractivity (Wildman–Crippen MR) is 104 cm³/mol. The van der Waals surface area contributed by atoms with E-state index in [1.54, 1.807) is 0 Å². The fourth-order valence-corrected chi connectivity index (χ4v) is 3.95. The van der Waals surface area contributed by atoms with E-state index >= 15 is 0 Å². The highest BCUT2D eigenvalue weighted by atomic mass is 16.5. The monoisotopic (exact) mass is 348 g/mol. The van der Waals surface area contributed by atoms with Crippen molar-refractivity contribution in [1.82, 2.24) is 9.80 Å². The Morgan fingerprint density at radius 2 is 2.04 bits per heavy atom. The van der Waals surface area contributed by atoms with Crippen molar-refractivity contribution in [3.63, 3.8) is 0 Å². The molecule has 1 saturated heterocycles. The lowest BCUT2D eigenvalue weighted by atomic mass is 9.91. The first-order valence-electron chi connectivity index (χ1n) is 9.60. The molecule has 4 nitrogen and oxygen atoms in total. The molecule has 1 fully saturated rings. The molecule has 0 radical (unpaired) electrons. The summed E-state index contributed by atoms with van der Waals surface area (Å²) in [5, 5.41) is 10.9. The standard InChI is InChI=1S/C21H36N2O2/c1-7-25-20-11-17(4)18(12-19(20)16(2)3)13-23-10-8-9-21(24,15-23)14-22(5)6/h11-12,16,24H,7-10,13-15H2,1-6H3. The van der Waals surface area contributed by atoms with E-state index in [1.807, 2.05) is 21.0 Å². The number of aryl methyl sites for hydroxylation is 1. The lowest BCUT2D eigenvalue weighted by Crippen LogP contribution is -2.52. The molecule has 1 atom stereocenters. The molecule has 0 spiro atoms. The van der Waals surface area contributed by atoms with Crippen LogP contribution in [0.3, 0.4) is 0 Å². The minimum Gasteiger partial charge on any atom is -0.494 e. The van der Waals surface area contributed by atoms with Gasteiger partial charge in [0.05, 0.1) is 12.2 Å². The maximum Gasteiger partial charge on any atom is 0.123 e. The van der Waals surface area contributed by atoms with Crippen LogP contribution in [-0.4, -0.2) is 60.8 Å². The summed E-state index contributed by atoms with van der Waals surface area (Å²) >= 11 is 0. The fraction of sp³-hybridized carbons (Fsp3) is 0.714. The zero-order valence-corrected chi connectivity index (χ0v) is 16.9. The minimum atomic E-state index is -0.595. The van der Waals surface area contributed by atoms with Crippen LogP contribution < -0.4 is 4.74 Å². The molecular weight excluding hydrogens is 312 g/mol. The summed E-state index contributed by atoms with van der Waals surface area (Å²) in [7, 11) is 4.06. The smallest absolute Gasteiger partial charge is 0.123 e. The molecule has 0 saturated carbocycles. The van der Waals surface area contributed by atoms with Crippen molar-refractivity contribution in [1.29, 1.82) is 0 Å². The third kappa shape index (κ3) is 5.44. The number of hydrogen-bond acceptors (Lipinski definition) is 4. The number of nitrogens with zero attached hydrogens (tertiary/aromatic N) is 2. The highest BCUT2D eigenvalue weighted by Crippen LogP contribution is 2.31. The molecule has 1 unspecified atom stereocenters. The van der Waals surface area contributed by atoms with E-state index in [-0.39, 0.29) is 0 Å². The first-order chi connectivity index (χ1) is 11.7. The van der Waals surface area contributed by atoms with Gasteiger partial charge in [0.1, 0.15) is 5.75 Å². The van der Waals surface area contributed by atoms with Crippen molar-refractivity contribution in [2.75, 3.05) is 40.3 Å². The van der Waals surface area contributed by atoms with Crippen molar-refractivity contribution in [2.45, 2.75) is 58.6 Å². The molecule has 0 amide bonds. The van der Waals surface area contributed by atoms with E-state index in [9.17, 15) is 5.11 Å². The fourth-order valence-electron chi connectivity index (χ4n) is 3.95. The number of β-amino-alcohol motifs (C(OH)–C–C–N with tert-alkyl or cyclic N) is 1. The molecule has 1 N–H and O–H groups in total. The van der Waals surface area contributed by atoms with Crippen LogP contribution in [0.2, 0.25) is 0 Å². The van der Waals surface area contributed by atoms with Crippen LogP contribution in [0, 0.1) is 6.92 Å². The van der Waals surface area contributed by atoms with Crippen molar-refractivity contribution in [2.24, 2.45) is 0 Å². The van der Waals surface area contributed by atoms with E-state index in [2.05, 4.69) is 42.7 Å². The number of ether oxygens (including phenoxy) is 1. The summed E-state index contributed by atoms with van der Waals surface area (Å²) in [5.41, 5.74) is 3.31. The molecule has 4 heteroatoms. The van der Waals surface area contributed by atoms with E-state index in [0.717, 1.165) is 44.8 Å². The van der Waals surface area contributed by atoms with Crippen molar-refractivity contribution in [3.8, 4) is 5.75 Å². The lowest BCUT2D eigenvalue weighted by molar-refractivity contribution is -0.0480. The van der Waals surface area contributed by atoms with Gasteiger partial charge in [0.25, 0.3) is 0 Å². The first-order valence-corrected chi connectivity index (χ1v) is 9.60. The second-order valence-electron chi connectivity index (χ2n) is 8.18. The van der Waals surface area contributed by atoms with Crippen LogP contribution in [0.5, 0.6) is 5.75 Å². The van der Waals surface area contributed by atoms with E-state index in [4.69, 9.17) is 4.74 Å². The number of aliphatic hydroxyl groups is 1. The average molecular weight is 349 g/mol. The molecule has 1 aliphatic rings. The van der Waals surface area contributed by atoms with E-state index in [0.29, 0.717) is 12.5 Å². The summed E-state index contributed by atoms with van der Waals surface area (Å²) in [5.74, 6) is 1.45. The molecule has 0 aromatic heterocycles. The van der Waals surface area contributed by atoms with Gasteiger partial charge in [-0.05, 0) is 76.0 Å². The van der Waals surface area contributed by atoms with Gasteiger partial charge in [-0.2, -0.15) is 0 Å². The maximum absolute atomic E-state index is 10.9. The largest absolute Gasteiger partial charge is 0.494 e. The lowest BCUT2D eigenvalue weighted by Gasteiger charge is -2.41. The molecule has 1 aromatic rings.